The van der Waals surface area contributed by atoms with Crippen molar-refractivity contribution < 1.29 is 4.42 Å². The molecule has 0 atom stereocenters. The molecule has 21 heavy (non-hydrogen) atoms. The van der Waals surface area contributed by atoms with Gasteiger partial charge in [0.05, 0.1) is 5.56 Å². The van der Waals surface area contributed by atoms with Gasteiger partial charge in [-0.2, -0.15) is 0 Å². The van der Waals surface area contributed by atoms with Crippen LogP contribution in [0.3, 0.4) is 0 Å². The van der Waals surface area contributed by atoms with E-state index in [1.165, 1.54) is 5.56 Å². The fourth-order valence-corrected chi connectivity index (χ4v) is 2.87. The van der Waals surface area contributed by atoms with Crippen LogP contribution in [0.15, 0.2) is 45.6 Å². The summed E-state index contributed by atoms with van der Waals surface area (Å²) in [6.45, 7) is 8.06. The lowest BCUT2D eigenvalue weighted by Gasteiger charge is -2.11. The van der Waals surface area contributed by atoms with Gasteiger partial charge < -0.3 is 4.42 Å². The minimum Gasteiger partial charge on any atom is -0.422 e. The highest BCUT2D eigenvalue weighted by atomic mass is 16.4. The molecular weight excluding hydrogens is 260 g/mol. The van der Waals surface area contributed by atoms with Crippen LogP contribution in [0, 0.1) is 27.7 Å². The van der Waals surface area contributed by atoms with Gasteiger partial charge >= 0.3 is 5.63 Å². The summed E-state index contributed by atoms with van der Waals surface area (Å²) in [6, 6.07) is 12.1. The Bertz CT molecular complexity index is 901. The van der Waals surface area contributed by atoms with Gasteiger partial charge in [0, 0.05) is 5.39 Å². The first kappa shape index (κ1) is 13.6. The number of aryl methyl sites for hydroxylation is 4. The third-order valence-corrected chi connectivity index (χ3v) is 3.97. The quantitative estimate of drug-likeness (QED) is 0.604. The Labute approximate surface area is 124 Å². The van der Waals surface area contributed by atoms with Crippen LogP contribution >= 0.6 is 0 Å². The van der Waals surface area contributed by atoms with Crippen molar-refractivity contribution in [2.45, 2.75) is 27.7 Å². The first-order valence-corrected chi connectivity index (χ1v) is 7.09. The Hall–Kier alpha value is -2.35. The highest BCUT2D eigenvalue weighted by molar-refractivity contribution is 5.87. The van der Waals surface area contributed by atoms with Crippen LogP contribution in [0.1, 0.15) is 22.3 Å². The number of fused-ring (bicyclic) bond motifs is 1. The molecule has 0 unspecified atom stereocenters. The molecule has 0 radical (unpaired) electrons. The average Bonchev–Trinajstić information content (AvgIpc) is 2.40. The summed E-state index contributed by atoms with van der Waals surface area (Å²) >= 11 is 0. The van der Waals surface area contributed by atoms with E-state index in [9.17, 15) is 4.79 Å². The Kier molecular flexibility index (Phi) is 3.17. The summed E-state index contributed by atoms with van der Waals surface area (Å²) < 4.78 is 5.54. The number of benzene rings is 2. The zero-order chi connectivity index (χ0) is 15.1. The number of hydrogen-bond acceptors (Lipinski definition) is 2. The monoisotopic (exact) mass is 278 g/mol. The number of hydrogen-bond donors (Lipinski definition) is 0. The van der Waals surface area contributed by atoms with Gasteiger partial charge in [0.25, 0.3) is 0 Å². The molecule has 3 aromatic rings. The summed E-state index contributed by atoms with van der Waals surface area (Å²) in [5, 5.41) is 0.996. The Morgan fingerprint density at radius 3 is 2.24 bits per heavy atom. The second-order valence-electron chi connectivity index (χ2n) is 5.71. The molecule has 0 saturated heterocycles. The Balaban J connectivity index is 2.38. The third kappa shape index (κ3) is 2.27. The van der Waals surface area contributed by atoms with Crippen LogP contribution in [0.4, 0.5) is 0 Å². The molecule has 0 amide bonds. The van der Waals surface area contributed by atoms with E-state index in [-0.39, 0.29) is 5.63 Å². The summed E-state index contributed by atoms with van der Waals surface area (Å²) in [5.41, 5.74) is 6.37. The molecule has 0 fully saturated rings. The molecule has 0 aliphatic heterocycles. The van der Waals surface area contributed by atoms with Gasteiger partial charge in [-0.25, -0.2) is 4.79 Å². The van der Waals surface area contributed by atoms with E-state index in [4.69, 9.17) is 4.42 Å². The molecule has 2 nitrogen and oxygen atoms in total. The molecule has 3 rings (SSSR count). The van der Waals surface area contributed by atoms with E-state index < -0.39 is 0 Å². The molecule has 0 aliphatic carbocycles. The maximum Gasteiger partial charge on any atom is 0.344 e. The van der Waals surface area contributed by atoms with Crippen molar-refractivity contribution >= 4 is 11.0 Å². The van der Waals surface area contributed by atoms with E-state index in [0.717, 1.165) is 27.6 Å². The largest absolute Gasteiger partial charge is 0.422 e. The first-order chi connectivity index (χ1) is 9.97. The van der Waals surface area contributed by atoms with E-state index >= 15 is 0 Å². The lowest BCUT2D eigenvalue weighted by atomic mass is 9.95. The zero-order valence-corrected chi connectivity index (χ0v) is 12.8. The SMILES string of the molecule is Cc1ccc(-c2c(C)c3ccc(C)cc3oc2=O)c(C)c1. The molecule has 2 aromatic carbocycles. The number of rotatable bonds is 1. The summed E-state index contributed by atoms with van der Waals surface area (Å²) in [4.78, 5) is 12.4. The fraction of sp³-hybridized carbons (Fsp3) is 0.211. The van der Waals surface area contributed by atoms with E-state index in [2.05, 4.69) is 13.0 Å². The van der Waals surface area contributed by atoms with Crippen LogP contribution in [0.25, 0.3) is 22.1 Å². The molecule has 106 valence electrons. The predicted octanol–water partition coefficient (Wildman–Crippen LogP) is 4.69. The van der Waals surface area contributed by atoms with Crippen molar-refractivity contribution in [3.63, 3.8) is 0 Å². The standard InChI is InChI=1S/C19H18O2/c1-11-5-7-15(13(3)9-11)18-14(4)16-8-6-12(2)10-17(16)21-19(18)20/h5-10H,1-4H3. The lowest BCUT2D eigenvalue weighted by Crippen LogP contribution is -2.07. The van der Waals surface area contributed by atoms with Crippen molar-refractivity contribution in [1.82, 2.24) is 0 Å². The van der Waals surface area contributed by atoms with Crippen molar-refractivity contribution in [3.8, 4) is 11.1 Å². The Morgan fingerprint density at radius 2 is 1.52 bits per heavy atom. The van der Waals surface area contributed by atoms with Gasteiger partial charge in [0.15, 0.2) is 0 Å². The minimum atomic E-state index is -0.266. The normalized spacial score (nSPS) is 11.0. The molecule has 0 bridgehead atoms. The maximum atomic E-state index is 12.4. The van der Waals surface area contributed by atoms with Crippen LogP contribution in [-0.4, -0.2) is 0 Å². The van der Waals surface area contributed by atoms with Gasteiger partial charge in [0.2, 0.25) is 0 Å². The Morgan fingerprint density at radius 1 is 0.857 bits per heavy atom. The van der Waals surface area contributed by atoms with Crippen LogP contribution in [-0.2, 0) is 0 Å². The van der Waals surface area contributed by atoms with Gasteiger partial charge in [-0.3, -0.25) is 0 Å². The second-order valence-corrected chi connectivity index (χ2v) is 5.71. The van der Waals surface area contributed by atoms with Gasteiger partial charge in [-0.05, 0) is 56.0 Å². The second kappa shape index (κ2) is 4.88. The molecule has 1 aromatic heterocycles. The van der Waals surface area contributed by atoms with Crippen molar-refractivity contribution in [2.24, 2.45) is 0 Å². The van der Waals surface area contributed by atoms with Crippen LogP contribution in [0.2, 0.25) is 0 Å². The van der Waals surface area contributed by atoms with Gasteiger partial charge in [-0.15, -0.1) is 0 Å². The summed E-state index contributed by atoms with van der Waals surface area (Å²) in [7, 11) is 0. The average molecular weight is 278 g/mol. The highest BCUT2D eigenvalue weighted by Crippen LogP contribution is 2.29. The minimum absolute atomic E-state index is 0.266. The van der Waals surface area contributed by atoms with Gasteiger partial charge in [0.1, 0.15) is 5.58 Å². The van der Waals surface area contributed by atoms with Crippen molar-refractivity contribution in [2.75, 3.05) is 0 Å². The van der Waals surface area contributed by atoms with E-state index in [0.29, 0.717) is 11.1 Å². The molecule has 0 N–H and O–H groups in total. The van der Waals surface area contributed by atoms with E-state index in [1.54, 1.807) is 0 Å². The molecular formula is C19H18O2. The summed E-state index contributed by atoms with van der Waals surface area (Å²) in [6.07, 6.45) is 0. The molecule has 2 heteroatoms. The van der Waals surface area contributed by atoms with Crippen molar-refractivity contribution in [3.05, 3.63) is 69.1 Å². The van der Waals surface area contributed by atoms with Crippen molar-refractivity contribution in [1.29, 1.82) is 0 Å². The molecule has 0 spiro atoms. The van der Waals surface area contributed by atoms with E-state index in [1.807, 2.05) is 51.1 Å². The van der Waals surface area contributed by atoms with Crippen LogP contribution < -0.4 is 5.63 Å². The fourth-order valence-electron chi connectivity index (χ4n) is 2.87. The maximum absolute atomic E-state index is 12.4. The first-order valence-electron chi connectivity index (χ1n) is 7.09. The predicted molar refractivity (Wildman–Crippen MR) is 86.9 cm³/mol. The molecule has 0 aliphatic rings. The lowest BCUT2D eigenvalue weighted by molar-refractivity contribution is 0.562. The van der Waals surface area contributed by atoms with Crippen LogP contribution in [0.5, 0.6) is 0 Å². The molecule has 1 heterocycles. The smallest absolute Gasteiger partial charge is 0.344 e. The highest BCUT2D eigenvalue weighted by Gasteiger charge is 2.15. The third-order valence-electron chi connectivity index (χ3n) is 3.97. The topological polar surface area (TPSA) is 30.2 Å². The zero-order valence-electron chi connectivity index (χ0n) is 12.8. The van der Waals surface area contributed by atoms with Gasteiger partial charge in [-0.1, -0.05) is 35.9 Å². The molecule has 0 saturated carbocycles. The summed E-state index contributed by atoms with van der Waals surface area (Å²) in [5.74, 6) is 0.